The molecule has 1 heterocycles. The Morgan fingerprint density at radius 1 is 1.25 bits per heavy atom. The van der Waals surface area contributed by atoms with E-state index in [4.69, 9.17) is 0 Å². The van der Waals surface area contributed by atoms with E-state index >= 15 is 0 Å². The van der Waals surface area contributed by atoms with Crippen molar-refractivity contribution in [2.75, 3.05) is 6.54 Å². The number of benzene rings is 1. The van der Waals surface area contributed by atoms with E-state index in [1.165, 1.54) is 28.0 Å². The number of hydrogen-bond donors (Lipinski definition) is 0. The molecule has 0 aliphatic carbocycles. The van der Waals surface area contributed by atoms with Gasteiger partial charge in [0.25, 0.3) is 0 Å². The van der Waals surface area contributed by atoms with E-state index in [1.54, 1.807) is 0 Å². The van der Waals surface area contributed by atoms with Crippen molar-refractivity contribution in [1.82, 2.24) is 4.90 Å². The second kappa shape index (κ2) is 6.30. The summed E-state index contributed by atoms with van der Waals surface area (Å²) < 4.78 is 0. The largest absolute Gasteiger partial charge is 0.370 e. The Labute approximate surface area is 124 Å². The van der Waals surface area contributed by atoms with E-state index in [0.717, 1.165) is 32.4 Å². The molecule has 1 unspecified atom stereocenters. The molecule has 0 saturated carbocycles. The smallest absolute Gasteiger partial charge is 0.0429 e. The molecule has 1 nitrogen and oxygen atoms in total. The third-order valence-electron chi connectivity index (χ3n) is 4.49. The van der Waals surface area contributed by atoms with Gasteiger partial charge in [0.2, 0.25) is 0 Å². The molecule has 1 saturated heterocycles. The van der Waals surface area contributed by atoms with E-state index < -0.39 is 0 Å². The Morgan fingerprint density at radius 3 is 2.55 bits per heavy atom. The SMILES string of the molecule is C=C(C)C1CC(=C)N(Cc2ccc(CC)cc2CC)C1. The Hall–Kier alpha value is -1.50. The lowest BCUT2D eigenvalue weighted by Crippen LogP contribution is -2.19. The lowest BCUT2D eigenvalue weighted by molar-refractivity contribution is 0.369. The van der Waals surface area contributed by atoms with E-state index in [2.05, 4.69) is 57.0 Å². The molecular weight excluding hydrogens is 242 g/mol. The van der Waals surface area contributed by atoms with Gasteiger partial charge in [-0.15, -0.1) is 0 Å². The Kier molecular flexibility index (Phi) is 4.69. The van der Waals surface area contributed by atoms with Crippen molar-refractivity contribution in [2.45, 2.75) is 46.6 Å². The van der Waals surface area contributed by atoms with Crippen LogP contribution < -0.4 is 0 Å². The summed E-state index contributed by atoms with van der Waals surface area (Å²) in [6.45, 7) is 17.0. The van der Waals surface area contributed by atoms with Crippen LogP contribution in [0.4, 0.5) is 0 Å². The van der Waals surface area contributed by atoms with Crippen LogP contribution >= 0.6 is 0 Å². The van der Waals surface area contributed by atoms with Crippen molar-refractivity contribution in [1.29, 1.82) is 0 Å². The van der Waals surface area contributed by atoms with Crippen LogP contribution in [0.5, 0.6) is 0 Å². The Balaban J connectivity index is 2.14. The fourth-order valence-electron chi connectivity index (χ4n) is 2.97. The molecule has 1 fully saturated rings. The number of hydrogen-bond acceptors (Lipinski definition) is 1. The molecule has 20 heavy (non-hydrogen) atoms. The third kappa shape index (κ3) is 3.15. The maximum atomic E-state index is 4.24. The van der Waals surface area contributed by atoms with E-state index in [1.807, 2.05) is 0 Å². The van der Waals surface area contributed by atoms with Crippen LogP contribution in [0, 0.1) is 5.92 Å². The first-order valence-electron chi connectivity index (χ1n) is 7.73. The van der Waals surface area contributed by atoms with E-state index in [9.17, 15) is 0 Å². The van der Waals surface area contributed by atoms with Gasteiger partial charge in [0.15, 0.2) is 0 Å². The maximum absolute atomic E-state index is 4.24. The lowest BCUT2D eigenvalue weighted by atomic mass is 10.00. The molecule has 1 heteroatoms. The molecule has 1 atom stereocenters. The first kappa shape index (κ1) is 14.9. The van der Waals surface area contributed by atoms with Gasteiger partial charge >= 0.3 is 0 Å². The Bertz CT molecular complexity index is 512. The highest BCUT2D eigenvalue weighted by Gasteiger charge is 2.25. The number of rotatable bonds is 5. The van der Waals surface area contributed by atoms with Gasteiger partial charge in [-0.1, -0.05) is 50.8 Å². The first-order valence-corrected chi connectivity index (χ1v) is 7.73. The van der Waals surface area contributed by atoms with E-state index in [-0.39, 0.29) is 0 Å². The van der Waals surface area contributed by atoms with Crippen LogP contribution in [0.2, 0.25) is 0 Å². The minimum absolute atomic E-state index is 0.586. The van der Waals surface area contributed by atoms with Gasteiger partial charge in [-0.25, -0.2) is 0 Å². The highest BCUT2D eigenvalue weighted by atomic mass is 15.2. The van der Waals surface area contributed by atoms with Crippen LogP contribution in [0.1, 0.15) is 43.9 Å². The standard InChI is InChI=1S/C19H27N/c1-6-16-8-9-18(17(7-2)11-16)12-20-13-19(14(3)4)10-15(20)5/h8-9,11,19H,3,5-7,10,12-13H2,1-2,4H3. The summed E-state index contributed by atoms with van der Waals surface area (Å²) in [5, 5.41) is 0. The zero-order chi connectivity index (χ0) is 14.7. The first-order chi connectivity index (χ1) is 9.55. The van der Waals surface area contributed by atoms with Gasteiger partial charge in [-0.2, -0.15) is 0 Å². The minimum atomic E-state index is 0.586. The zero-order valence-corrected chi connectivity index (χ0v) is 13.2. The second-order valence-electron chi connectivity index (χ2n) is 6.00. The number of aryl methyl sites for hydroxylation is 2. The Morgan fingerprint density at radius 2 is 2.00 bits per heavy atom. The monoisotopic (exact) mass is 269 g/mol. The molecule has 0 bridgehead atoms. The molecule has 1 aromatic carbocycles. The van der Waals surface area contributed by atoms with Gasteiger partial charge in [0.05, 0.1) is 0 Å². The van der Waals surface area contributed by atoms with Crippen molar-refractivity contribution in [3.8, 4) is 0 Å². The fourth-order valence-corrected chi connectivity index (χ4v) is 2.97. The van der Waals surface area contributed by atoms with E-state index in [0.29, 0.717) is 5.92 Å². The van der Waals surface area contributed by atoms with Crippen molar-refractivity contribution >= 4 is 0 Å². The second-order valence-corrected chi connectivity index (χ2v) is 6.00. The van der Waals surface area contributed by atoms with Crippen LogP contribution in [0.3, 0.4) is 0 Å². The van der Waals surface area contributed by atoms with Crippen molar-refractivity contribution in [2.24, 2.45) is 5.92 Å². The molecule has 1 aliphatic rings. The number of allylic oxidation sites excluding steroid dienone is 1. The summed E-state index contributed by atoms with van der Waals surface area (Å²) in [5.41, 5.74) is 6.92. The van der Waals surface area contributed by atoms with Crippen molar-refractivity contribution in [3.05, 3.63) is 59.3 Å². The number of nitrogens with zero attached hydrogens (tertiary/aromatic N) is 1. The van der Waals surface area contributed by atoms with Crippen molar-refractivity contribution < 1.29 is 0 Å². The average molecular weight is 269 g/mol. The summed E-state index contributed by atoms with van der Waals surface area (Å²) in [4.78, 5) is 2.43. The van der Waals surface area contributed by atoms with Gasteiger partial charge < -0.3 is 4.90 Å². The summed E-state index contributed by atoms with van der Waals surface area (Å²) in [5.74, 6) is 0.586. The van der Waals surface area contributed by atoms with Gasteiger partial charge in [0.1, 0.15) is 0 Å². The predicted octanol–water partition coefficient (Wildman–Crippen LogP) is 4.72. The topological polar surface area (TPSA) is 3.24 Å². The molecule has 2 rings (SSSR count). The zero-order valence-electron chi connectivity index (χ0n) is 13.2. The maximum Gasteiger partial charge on any atom is 0.0429 e. The lowest BCUT2D eigenvalue weighted by Gasteiger charge is -2.22. The summed E-state index contributed by atoms with van der Waals surface area (Å²) >= 11 is 0. The average Bonchev–Trinajstić information content (AvgIpc) is 2.81. The highest BCUT2D eigenvalue weighted by molar-refractivity contribution is 5.33. The molecule has 0 spiro atoms. The van der Waals surface area contributed by atoms with Crippen LogP contribution in [-0.4, -0.2) is 11.4 Å². The van der Waals surface area contributed by atoms with Crippen LogP contribution in [0.15, 0.2) is 42.6 Å². The molecule has 0 N–H and O–H groups in total. The fraction of sp³-hybridized carbons (Fsp3) is 0.474. The van der Waals surface area contributed by atoms with Crippen LogP contribution in [0.25, 0.3) is 0 Å². The summed E-state index contributed by atoms with van der Waals surface area (Å²) in [7, 11) is 0. The van der Waals surface area contributed by atoms with Gasteiger partial charge in [-0.3, -0.25) is 0 Å². The highest BCUT2D eigenvalue weighted by Crippen LogP contribution is 2.31. The third-order valence-corrected chi connectivity index (χ3v) is 4.49. The quantitative estimate of drug-likeness (QED) is 0.699. The predicted molar refractivity (Wildman–Crippen MR) is 87.7 cm³/mol. The van der Waals surface area contributed by atoms with Gasteiger partial charge in [-0.05, 0) is 42.9 Å². The molecule has 1 aromatic rings. The summed E-state index contributed by atoms with van der Waals surface area (Å²) in [6.07, 6.45) is 3.29. The molecular formula is C19H27N. The molecule has 0 aromatic heterocycles. The summed E-state index contributed by atoms with van der Waals surface area (Å²) in [6, 6.07) is 6.94. The van der Waals surface area contributed by atoms with Crippen LogP contribution in [-0.2, 0) is 19.4 Å². The van der Waals surface area contributed by atoms with Crippen molar-refractivity contribution in [3.63, 3.8) is 0 Å². The molecule has 1 aliphatic heterocycles. The minimum Gasteiger partial charge on any atom is -0.370 e. The molecule has 0 radical (unpaired) electrons. The normalized spacial score (nSPS) is 18.6. The number of likely N-dealkylation sites (tertiary alicyclic amines) is 1. The molecule has 108 valence electrons. The van der Waals surface area contributed by atoms with Gasteiger partial charge in [0, 0.05) is 24.7 Å². The molecule has 0 amide bonds.